The number of ether oxygens (including phenoxy) is 2. The highest BCUT2D eigenvalue weighted by Gasteiger charge is 2.38. The third-order valence-corrected chi connectivity index (χ3v) is 6.40. The molecule has 33 heavy (non-hydrogen) atoms. The van der Waals surface area contributed by atoms with E-state index in [0.717, 1.165) is 19.1 Å². The molecule has 1 N–H and O–H groups in total. The van der Waals surface area contributed by atoms with Crippen molar-refractivity contribution < 1.29 is 27.2 Å². The van der Waals surface area contributed by atoms with Crippen LogP contribution in [0.3, 0.4) is 0 Å². The number of carbonyl (C=O) groups excluding carboxylic acids is 1. The Morgan fingerprint density at radius 1 is 1.12 bits per heavy atom. The van der Waals surface area contributed by atoms with Gasteiger partial charge >= 0.3 is 0 Å². The highest BCUT2D eigenvalue weighted by atomic mass is 32.2. The summed E-state index contributed by atoms with van der Waals surface area (Å²) in [6, 6.07) is 10.0. The number of benzene rings is 2. The van der Waals surface area contributed by atoms with E-state index in [-0.39, 0.29) is 17.5 Å². The van der Waals surface area contributed by atoms with E-state index in [1.54, 1.807) is 30.3 Å². The fourth-order valence-corrected chi connectivity index (χ4v) is 4.43. The second-order valence-electron chi connectivity index (χ2n) is 8.02. The van der Waals surface area contributed by atoms with Crippen LogP contribution < -0.4 is 14.2 Å². The van der Waals surface area contributed by atoms with Crippen LogP contribution in [-0.4, -0.2) is 43.3 Å². The van der Waals surface area contributed by atoms with E-state index in [1.165, 1.54) is 13.2 Å². The Bertz CT molecular complexity index is 1310. The van der Waals surface area contributed by atoms with Crippen molar-refractivity contribution in [1.82, 2.24) is 10.1 Å². The topological polar surface area (TPSA) is 121 Å². The number of aromatic nitrogens is 2. The molecule has 0 fully saturated rings. The Balaban J connectivity index is 1.65. The number of nitrogens with zero attached hydrogens (tertiary/aromatic N) is 2. The third kappa shape index (κ3) is 4.56. The molecule has 0 saturated heterocycles. The maximum absolute atomic E-state index is 12.8. The first-order chi connectivity index (χ1) is 15.7. The van der Waals surface area contributed by atoms with Crippen molar-refractivity contribution in [2.75, 3.05) is 18.1 Å². The largest absolute Gasteiger partial charge is 0.496 e. The fraction of sp³-hybridized carbons (Fsp3) is 0.348. The quantitative estimate of drug-likeness (QED) is 0.541. The lowest BCUT2D eigenvalue weighted by Gasteiger charge is -2.36. The van der Waals surface area contributed by atoms with Gasteiger partial charge in [0.1, 0.15) is 17.1 Å². The summed E-state index contributed by atoms with van der Waals surface area (Å²) in [5.41, 5.74) is 1.51. The fourth-order valence-electron chi connectivity index (χ4n) is 3.88. The van der Waals surface area contributed by atoms with E-state index >= 15 is 0 Å². The van der Waals surface area contributed by atoms with E-state index in [0.29, 0.717) is 40.3 Å². The van der Waals surface area contributed by atoms with Gasteiger partial charge in [-0.05, 0) is 43.2 Å². The van der Waals surface area contributed by atoms with Crippen LogP contribution in [-0.2, 0) is 10.0 Å². The van der Waals surface area contributed by atoms with E-state index in [2.05, 4.69) is 14.9 Å². The van der Waals surface area contributed by atoms with Gasteiger partial charge in [-0.3, -0.25) is 9.52 Å². The average Bonchev–Trinajstić information content (AvgIpc) is 3.27. The lowest BCUT2D eigenvalue weighted by molar-refractivity contribution is 0.0350. The molecule has 2 heterocycles. The van der Waals surface area contributed by atoms with Gasteiger partial charge in [-0.1, -0.05) is 19.0 Å². The van der Waals surface area contributed by atoms with Gasteiger partial charge in [0.15, 0.2) is 5.78 Å². The third-order valence-electron chi connectivity index (χ3n) is 5.80. The van der Waals surface area contributed by atoms with Crippen molar-refractivity contribution in [1.29, 1.82) is 0 Å². The number of nitrogens with one attached hydrogen (secondary N) is 1. The standard InChI is InChI=1S/C23H25N3O6S/c1-5-23(6-2)13-18(27)17-11-14(7-10-19(17)31-23)22-24-21(25-32-22)16-9-8-15(12-20(16)30-3)26-33(4,28)29/h7-12,26H,5-6,13H2,1-4H3. The summed E-state index contributed by atoms with van der Waals surface area (Å²) >= 11 is 0. The summed E-state index contributed by atoms with van der Waals surface area (Å²) in [4.78, 5) is 17.3. The molecule has 0 amide bonds. The minimum absolute atomic E-state index is 0.0252. The van der Waals surface area contributed by atoms with Gasteiger partial charge < -0.3 is 14.0 Å². The molecular formula is C23H25N3O6S. The molecule has 0 bridgehead atoms. The smallest absolute Gasteiger partial charge is 0.258 e. The molecule has 0 unspecified atom stereocenters. The predicted molar refractivity (Wildman–Crippen MR) is 123 cm³/mol. The minimum Gasteiger partial charge on any atom is -0.496 e. The van der Waals surface area contributed by atoms with Gasteiger partial charge in [0, 0.05) is 11.6 Å². The predicted octanol–water partition coefficient (Wildman–Crippen LogP) is 4.31. The van der Waals surface area contributed by atoms with Crippen molar-refractivity contribution in [3.8, 4) is 34.3 Å². The summed E-state index contributed by atoms with van der Waals surface area (Å²) in [7, 11) is -1.96. The molecule has 0 radical (unpaired) electrons. The average molecular weight is 472 g/mol. The molecule has 0 aliphatic carbocycles. The molecule has 0 atom stereocenters. The summed E-state index contributed by atoms with van der Waals surface area (Å²) in [5, 5.41) is 4.04. The molecule has 174 valence electrons. The number of carbonyl (C=O) groups is 1. The molecule has 2 aromatic carbocycles. The highest BCUT2D eigenvalue weighted by molar-refractivity contribution is 7.92. The molecule has 1 aliphatic rings. The SMILES string of the molecule is CCC1(CC)CC(=O)c2cc(-c3nc(-c4ccc(NS(C)(=O)=O)cc4OC)no3)ccc2O1. The molecule has 10 heteroatoms. The van der Waals surface area contributed by atoms with E-state index in [1.807, 2.05) is 13.8 Å². The van der Waals surface area contributed by atoms with Gasteiger partial charge in [-0.25, -0.2) is 8.42 Å². The van der Waals surface area contributed by atoms with Crippen LogP contribution in [0.15, 0.2) is 40.9 Å². The molecule has 0 spiro atoms. The van der Waals surface area contributed by atoms with Gasteiger partial charge in [-0.2, -0.15) is 4.98 Å². The number of sulfonamides is 1. The summed E-state index contributed by atoms with van der Waals surface area (Å²) in [6.45, 7) is 4.04. The number of fused-ring (bicyclic) bond motifs is 1. The van der Waals surface area contributed by atoms with Crippen molar-refractivity contribution >= 4 is 21.5 Å². The van der Waals surface area contributed by atoms with Gasteiger partial charge in [0.25, 0.3) is 5.89 Å². The van der Waals surface area contributed by atoms with Crippen molar-refractivity contribution in [2.24, 2.45) is 0 Å². The van der Waals surface area contributed by atoms with Crippen LogP contribution in [0.5, 0.6) is 11.5 Å². The monoisotopic (exact) mass is 471 g/mol. The van der Waals surface area contributed by atoms with Crippen LogP contribution in [0.2, 0.25) is 0 Å². The number of hydrogen-bond donors (Lipinski definition) is 1. The molecule has 3 aromatic rings. The van der Waals surface area contributed by atoms with Crippen LogP contribution in [0.25, 0.3) is 22.8 Å². The molecule has 4 rings (SSSR count). The molecule has 1 aromatic heterocycles. The summed E-state index contributed by atoms with van der Waals surface area (Å²) < 4.78 is 42.4. The molecular weight excluding hydrogens is 446 g/mol. The molecule has 9 nitrogen and oxygen atoms in total. The number of rotatable bonds is 7. The summed E-state index contributed by atoms with van der Waals surface area (Å²) in [6.07, 6.45) is 2.90. The van der Waals surface area contributed by atoms with Crippen LogP contribution >= 0.6 is 0 Å². The van der Waals surface area contributed by atoms with E-state index in [9.17, 15) is 13.2 Å². The van der Waals surface area contributed by atoms with E-state index < -0.39 is 15.6 Å². The van der Waals surface area contributed by atoms with Crippen LogP contribution in [0, 0.1) is 0 Å². The van der Waals surface area contributed by atoms with Gasteiger partial charge in [-0.15, -0.1) is 0 Å². The Kier molecular flexibility index (Phi) is 5.87. The Hall–Kier alpha value is -3.40. The van der Waals surface area contributed by atoms with Crippen molar-refractivity contribution in [2.45, 2.75) is 38.7 Å². The Morgan fingerprint density at radius 3 is 2.55 bits per heavy atom. The van der Waals surface area contributed by atoms with Gasteiger partial charge in [0.05, 0.1) is 36.6 Å². The van der Waals surface area contributed by atoms with E-state index in [4.69, 9.17) is 14.0 Å². The zero-order chi connectivity index (χ0) is 23.8. The minimum atomic E-state index is -3.43. The first-order valence-corrected chi connectivity index (χ1v) is 12.4. The maximum Gasteiger partial charge on any atom is 0.258 e. The zero-order valence-electron chi connectivity index (χ0n) is 18.8. The van der Waals surface area contributed by atoms with Crippen LogP contribution in [0.1, 0.15) is 43.5 Å². The second kappa shape index (κ2) is 8.51. The number of methoxy groups -OCH3 is 1. The molecule has 1 aliphatic heterocycles. The van der Waals surface area contributed by atoms with Crippen LogP contribution in [0.4, 0.5) is 5.69 Å². The number of hydrogen-bond acceptors (Lipinski definition) is 8. The number of ketones is 1. The Labute approximate surface area is 192 Å². The first kappa shape index (κ1) is 22.8. The first-order valence-electron chi connectivity index (χ1n) is 10.5. The van der Waals surface area contributed by atoms with Crippen molar-refractivity contribution in [3.05, 3.63) is 42.0 Å². The number of Topliss-reactive ketones (excluding diaryl/α,β-unsaturated/α-hetero) is 1. The normalized spacial score (nSPS) is 15.0. The lowest BCUT2D eigenvalue weighted by Crippen LogP contribution is -2.40. The highest BCUT2D eigenvalue weighted by Crippen LogP contribution is 2.39. The second-order valence-corrected chi connectivity index (χ2v) is 9.76. The summed E-state index contributed by atoms with van der Waals surface area (Å²) in [5.74, 6) is 1.47. The molecule has 0 saturated carbocycles. The maximum atomic E-state index is 12.8. The van der Waals surface area contributed by atoms with Gasteiger partial charge in [0.2, 0.25) is 15.8 Å². The number of anilines is 1. The lowest BCUT2D eigenvalue weighted by atomic mass is 9.85. The Morgan fingerprint density at radius 2 is 1.88 bits per heavy atom. The zero-order valence-corrected chi connectivity index (χ0v) is 19.7. The van der Waals surface area contributed by atoms with Crippen molar-refractivity contribution in [3.63, 3.8) is 0 Å².